The van der Waals surface area contributed by atoms with Crippen molar-refractivity contribution in [2.45, 2.75) is 31.7 Å². The van der Waals surface area contributed by atoms with Gasteiger partial charge in [0.25, 0.3) is 0 Å². The Bertz CT molecular complexity index is 689. The maximum Gasteiger partial charge on any atom is 0.227 e. The summed E-state index contributed by atoms with van der Waals surface area (Å²) in [5.41, 5.74) is 0. The van der Waals surface area contributed by atoms with E-state index in [-0.39, 0.29) is 11.8 Å². The lowest BCUT2D eigenvalue weighted by atomic mass is 9.95. The number of piperidine rings is 2. The molecular formula is C18H24N6O. The van der Waals surface area contributed by atoms with Gasteiger partial charge in [-0.15, -0.1) is 0 Å². The van der Waals surface area contributed by atoms with Gasteiger partial charge in [-0.25, -0.2) is 15.0 Å². The molecule has 2 aliphatic rings. The first kappa shape index (κ1) is 16.1. The summed E-state index contributed by atoms with van der Waals surface area (Å²) in [5, 5.41) is 0. The van der Waals surface area contributed by atoms with Crippen LogP contribution in [0.3, 0.4) is 0 Å². The smallest absolute Gasteiger partial charge is 0.227 e. The largest absolute Gasteiger partial charge is 0.340 e. The number of nitrogens with zero attached hydrogens (tertiary/aromatic N) is 6. The Labute approximate surface area is 147 Å². The number of aromatic nitrogens is 4. The molecule has 2 aromatic heterocycles. The van der Waals surface area contributed by atoms with Gasteiger partial charge >= 0.3 is 0 Å². The van der Waals surface area contributed by atoms with Crippen LogP contribution in [0, 0.1) is 5.92 Å². The predicted octanol–water partition coefficient (Wildman–Crippen LogP) is 1.75. The highest BCUT2D eigenvalue weighted by Crippen LogP contribution is 2.26. The van der Waals surface area contributed by atoms with Crippen molar-refractivity contribution in [3.05, 3.63) is 37.2 Å². The molecule has 2 aliphatic heterocycles. The molecule has 1 amide bonds. The van der Waals surface area contributed by atoms with Crippen LogP contribution in [0.25, 0.3) is 0 Å². The molecule has 0 bridgehead atoms. The number of anilines is 1. The van der Waals surface area contributed by atoms with Gasteiger partial charge in [0.15, 0.2) is 0 Å². The molecule has 132 valence electrons. The van der Waals surface area contributed by atoms with E-state index < -0.39 is 0 Å². The molecule has 4 rings (SSSR count). The van der Waals surface area contributed by atoms with E-state index in [1.165, 1.54) is 0 Å². The average Bonchev–Trinajstić information content (AvgIpc) is 3.23. The summed E-state index contributed by atoms with van der Waals surface area (Å²) in [4.78, 5) is 30.1. The van der Waals surface area contributed by atoms with Crippen LogP contribution in [0.5, 0.6) is 0 Å². The van der Waals surface area contributed by atoms with E-state index >= 15 is 0 Å². The fraction of sp³-hybridized carbons (Fsp3) is 0.556. The van der Waals surface area contributed by atoms with Crippen LogP contribution in [0.4, 0.5) is 5.95 Å². The Hall–Kier alpha value is -2.44. The summed E-state index contributed by atoms with van der Waals surface area (Å²) in [6.45, 7) is 3.29. The third-order valence-corrected chi connectivity index (χ3v) is 5.26. The second-order valence-corrected chi connectivity index (χ2v) is 6.92. The van der Waals surface area contributed by atoms with Crippen LogP contribution < -0.4 is 4.90 Å². The SMILES string of the molecule is O=C(C1CCCN(c2ncccn2)C1)N1CCCC(n2ccnc2)C1. The molecule has 2 saturated heterocycles. The van der Waals surface area contributed by atoms with Crippen molar-refractivity contribution in [1.82, 2.24) is 24.4 Å². The predicted molar refractivity (Wildman–Crippen MR) is 94.0 cm³/mol. The summed E-state index contributed by atoms with van der Waals surface area (Å²) in [7, 11) is 0. The van der Waals surface area contributed by atoms with Gasteiger partial charge in [-0.2, -0.15) is 0 Å². The van der Waals surface area contributed by atoms with Gasteiger partial charge in [0.2, 0.25) is 11.9 Å². The van der Waals surface area contributed by atoms with Crippen molar-refractivity contribution >= 4 is 11.9 Å². The third-order valence-electron chi connectivity index (χ3n) is 5.26. The molecule has 7 heteroatoms. The quantitative estimate of drug-likeness (QED) is 0.852. The molecular weight excluding hydrogens is 316 g/mol. The zero-order valence-electron chi connectivity index (χ0n) is 14.4. The number of amides is 1. The number of rotatable bonds is 3. The van der Waals surface area contributed by atoms with Crippen LogP contribution in [0.2, 0.25) is 0 Å². The molecule has 4 heterocycles. The maximum absolute atomic E-state index is 13.1. The fourth-order valence-corrected chi connectivity index (χ4v) is 3.96. The number of likely N-dealkylation sites (tertiary alicyclic amines) is 1. The van der Waals surface area contributed by atoms with Crippen LogP contribution in [0.1, 0.15) is 31.7 Å². The van der Waals surface area contributed by atoms with E-state index in [2.05, 4.69) is 24.4 Å². The highest BCUT2D eigenvalue weighted by molar-refractivity contribution is 5.79. The van der Waals surface area contributed by atoms with E-state index in [4.69, 9.17) is 0 Å². The minimum atomic E-state index is 0.0408. The molecule has 2 unspecified atom stereocenters. The Kier molecular flexibility index (Phi) is 4.63. The van der Waals surface area contributed by atoms with Gasteiger partial charge in [0.05, 0.1) is 18.3 Å². The Morgan fingerprint density at radius 2 is 1.88 bits per heavy atom. The van der Waals surface area contributed by atoms with Crippen molar-refractivity contribution in [2.75, 3.05) is 31.1 Å². The molecule has 2 atom stereocenters. The van der Waals surface area contributed by atoms with Gasteiger partial charge in [-0.1, -0.05) is 0 Å². The molecule has 2 fully saturated rings. The molecule has 7 nitrogen and oxygen atoms in total. The number of carbonyl (C=O) groups is 1. The molecule has 25 heavy (non-hydrogen) atoms. The van der Waals surface area contributed by atoms with E-state index in [1.807, 2.05) is 23.5 Å². The second-order valence-electron chi connectivity index (χ2n) is 6.92. The summed E-state index contributed by atoms with van der Waals surface area (Å²) in [5.74, 6) is 1.06. The van der Waals surface area contributed by atoms with Crippen LogP contribution in [0.15, 0.2) is 37.2 Å². The van der Waals surface area contributed by atoms with Gasteiger partial charge in [0.1, 0.15) is 0 Å². The van der Waals surface area contributed by atoms with Gasteiger partial charge in [0, 0.05) is 51.0 Å². The maximum atomic E-state index is 13.1. The molecule has 0 saturated carbocycles. The first-order valence-corrected chi connectivity index (χ1v) is 9.09. The zero-order chi connectivity index (χ0) is 17.1. The molecule has 0 N–H and O–H groups in total. The number of imidazole rings is 1. The van der Waals surface area contributed by atoms with Crippen molar-refractivity contribution in [2.24, 2.45) is 5.92 Å². The van der Waals surface area contributed by atoms with E-state index in [0.29, 0.717) is 6.04 Å². The molecule has 0 spiro atoms. The number of carbonyl (C=O) groups excluding carboxylic acids is 1. The fourth-order valence-electron chi connectivity index (χ4n) is 3.96. The lowest BCUT2D eigenvalue weighted by Crippen LogP contribution is -2.48. The van der Waals surface area contributed by atoms with Crippen LogP contribution in [-0.2, 0) is 4.79 Å². The van der Waals surface area contributed by atoms with Gasteiger partial charge < -0.3 is 14.4 Å². The summed E-state index contributed by atoms with van der Waals surface area (Å²) in [6.07, 6.45) is 13.3. The Balaban J connectivity index is 1.41. The van der Waals surface area contributed by atoms with Crippen LogP contribution >= 0.6 is 0 Å². The third kappa shape index (κ3) is 3.50. The molecule has 0 aromatic carbocycles. The standard InChI is InChI=1S/C18H24N6O/c25-17(22-9-2-5-16(13-22)24-11-8-19-14-24)15-4-1-10-23(12-15)18-20-6-3-7-21-18/h3,6-8,11,14-16H,1-2,4-5,9-10,12-13H2. The van der Waals surface area contributed by atoms with Gasteiger partial charge in [-0.05, 0) is 31.7 Å². The highest BCUT2D eigenvalue weighted by atomic mass is 16.2. The number of hydrogen-bond acceptors (Lipinski definition) is 5. The van der Waals surface area contributed by atoms with Crippen LogP contribution in [-0.4, -0.2) is 56.5 Å². The van der Waals surface area contributed by atoms with E-state index in [9.17, 15) is 4.79 Å². The first-order valence-electron chi connectivity index (χ1n) is 9.09. The molecule has 0 aliphatic carbocycles. The Morgan fingerprint density at radius 1 is 1.04 bits per heavy atom. The zero-order valence-corrected chi connectivity index (χ0v) is 14.4. The first-order chi connectivity index (χ1) is 12.3. The summed E-state index contributed by atoms with van der Waals surface area (Å²) >= 11 is 0. The monoisotopic (exact) mass is 340 g/mol. The van der Waals surface area contributed by atoms with E-state index in [0.717, 1.165) is 57.8 Å². The average molecular weight is 340 g/mol. The minimum Gasteiger partial charge on any atom is -0.340 e. The van der Waals surface area contributed by atoms with Crippen molar-refractivity contribution in [3.63, 3.8) is 0 Å². The Morgan fingerprint density at radius 3 is 2.68 bits per heavy atom. The molecule has 0 radical (unpaired) electrons. The highest BCUT2D eigenvalue weighted by Gasteiger charge is 2.32. The summed E-state index contributed by atoms with van der Waals surface area (Å²) in [6, 6.07) is 2.16. The molecule has 2 aromatic rings. The topological polar surface area (TPSA) is 67.2 Å². The van der Waals surface area contributed by atoms with Gasteiger partial charge in [-0.3, -0.25) is 4.79 Å². The second kappa shape index (κ2) is 7.21. The van der Waals surface area contributed by atoms with Crippen molar-refractivity contribution in [3.8, 4) is 0 Å². The van der Waals surface area contributed by atoms with E-state index in [1.54, 1.807) is 18.6 Å². The number of hydrogen-bond donors (Lipinski definition) is 0. The lowest BCUT2D eigenvalue weighted by molar-refractivity contribution is -0.137. The summed E-state index contributed by atoms with van der Waals surface area (Å²) < 4.78 is 2.13. The van der Waals surface area contributed by atoms with Crippen molar-refractivity contribution in [1.29, 1.82) is 0 Å². The normalized spacial score (nSPS) is 24.3. The van der Waals surface area contributed by atoms with Crippen molar-refractivity contribution < 1.29 is 4.79 Å². The minimum absolute atomic E-state index is 0.0408. The lowest BCUT2D eigenvalue weighted by Gasteiger charge is -2.38.